The maximum Gasteiger partial charge on any atom is 0.266 e. The Kier molecular flexibility index (Phi) is 5.73. The van der Waals surface area contributed by atoms with Crippen LogP contribution in [-0.2, 0) is 20.6 Å². The minimum atomic E-state index is -0.171. The van der Waals surface area contributed by atoms with Gasteiger partial charge in [-0.2, -0.15) is 10.2 Å². The molecule has 1 aromatic carbocycles. The van der Waals surface area contributed by atoms with Crippen molar-refractivity contribution >= 4 is 5.91 Å². The number of rotatable bonds is 6. The molecule has 0 N–H and O–H groups in total. The lowest BCUT2D eigenvalue weighted by Gasteiger charge is -2.24. The van der Waals surface area contributed by atoms with Crippen molar-refractivity contribution in [1.82, 2.24) is 24.5 Å². The van der Waals surface area contributed by atoms with Crippen LogP contribution in [0.4, 0.5) is 0 Å². The molecule has 0 aliphatic heterocycles. The topological polar surface area (TPSA) is 73.0 Å². The van der Waals surface area contributed by atoms with Gasteiger partial charge in [0.25, 0.3) is 11.5 Å². The Labute approximate surface area is 164 Å². The summed E-state index contributed by atoms with van der Waals surface area (Å²) in [6.45, 7) is 5.34. The molecular weight excluding hydrogens is 354 g/mol. The lowest BCUT2D eigenvalue weighted by molar-refractivity contribution is 0.0722. The van der Waals surface area contributed by atoms with Gasteiger partial charge in [-0.25, -0.2) is 4.68 Å². The largest absolute Gasteiger partial charge is 0.334 e. The zero-order valence-electron chi connectivity index (χ0n) is 16.7. The maximum absolute atomic E-state index is 13.2. The summed E-state index contributed by atoms with van der Waals surface area (Å²) in [5, 5.41) is 8.47. The monoisotopic (exact) mass is 379 g/mol. The van der Waals surface area contributed by atoms with Crippen molar-refractivity contribution in [2.45, 2.75) is 20.4 Å². The molecule has 0 aliphatic carbocycles. The van der Waals surface area contributed by atoms with E-state index in [2.05, 4.69) is 24.0 Å². The van der Waals surface area contributed by atoms with Gasteiger partial charge in [-0.05, 0) is 24.1 Å². The van der Waals surface area contributed by atoms with Crippen LogP contribution in [0, 0.1) is 5.92 Å². The molecule has 0 unspecified atom stereocenters. The summed E-state index contributed by atoms with van der Waals surface area (Å²) in [5.41, 5.74) is 2.87. The zero-order chi connectivity index (χ0) is 20.3. The SMILES string of the molecule is CC(C)CN(Cc1cnn(C)c1)C(=O)c1cccc(-c2ccc(=O)n(C)n2)c1. The first-order valence-electron chi connectivity index (χ1n) is 9.25. The number of nitrogens with zero attached hydrogens (tertiary/aromatic N) is 5. The van der Waals surface area contributed by atoms with Crippen molar-refractivity contribution in [3.63, 3.8) is 0 Å². The van der Waals surface area contributed by atoms with Crippen LogP contribution in [0.2, 0.25) is 0 Å². The molecular formula is C21H25N5O2. The van der Waals surface area contributed by atoms with Crippen LogP contribution < -0.4 is 5.56 Å². The highest BCUT2D eigenvalue weighted by molar-refractivity contribution is 5.95. The summed E-state index contributed by atoms with van der Waals surface area (Å²) in [6, 6.07) is 10.5. The number of carbonyl (C=O) groups excluding carboxylic acids is 1. The second kappa shape index (κ2) is 8.21. The van der Waals surface area contributed by atoms with E-state index in [-0.39, 0.29) is 11.5 Å². The first kappa shape index (κ1) is 19.5. The highest BCUT2D eigenvalue weighted by atomic mass is 16.2. The number of hydrogen-bond donors (Lipinski definition) is 0. The van der Waals surface area contributed by atoms with Gasteiger partial charge >= 0.3 is 0 Å². The molecule has 0 radical (unpaired) electrons. The smallest absolute Gasteiger partial charge is 0.266 e. The van der Waals surface area contributed by atoms with Crippen molar-refractivity contribution in [1.29, 1.82) is 0 Å². The summed E-state index contributed by atoms with van der Waals surface area (Å²) in [7, 11) is 3.47. The van der Waals surface area contributed by atoms with Gasteiger partial charge in [0.2, 0.25) is 0 Å². The first-order valence-corrected chi connectivity index (χ1v) is 9.25. The molecule has 0 saturated carbocycles. The molecule has 2 heterocycles. The van der Waals surface area contributed by atoms with Gasteiger partial charge < -0.3 is 4.90 Å². The highest BCUT2D eigenvalue weighted by Crippen LogP contribution is 2.19. The van der Waals surface area contributed by atoms with Gasteiger partial charge in [0.05, 0.1) is 11.9 Å². The normalized spacial score (nSPS) is 11.0. The molecule has 3 rings (SSSR count). The molecule has 0 bridgehead atoms. The third-order valence-electron chi connectivity index (χ3n) is 4.37. The fourth-order valence-electron chi connectivity index (χ4n) is 3.08. The van der Waals surface area contributed by atoms with E-state index in [1.807, 2.05) is 42.4 Å². The Hall–Kier alpha value is -3.22. The molecule has 3 aromatic rings. The van der Waals surface area contributed by atoms with Crippen LogP contribution in [0.15, 0.2) is 53.6 Å². The van der Waals surface area contributed by atoms with Gasteiger partial charge in [-0.3, -0.25) is 14.3 Å². The maximum atomic E-state index is 13.2. The minimum Gasteiger partial charge on any atom is -0.334 e. The van der Waals surface area contributed by atoms with E-state index in [0.29, 0.717) is 30.3 Å². The predicted octanol–water partition coefficient (Wildman–Crippen LogP) is 2.48. The van der Waals surface area contributed by atoms with E-state index in [1.54, 1.807) is 24.0 Å². The lowest BCUT2D eigenvalue weighted by atomic mass is 10.1. The van der Waals surface area contributed by atoms with Crippen molar-refractivity contribution < 1.29 is 4.79 Å². The molecule has 0 atom stereocenters. The molecule has 0 fully saturated rings. The van der Waals surface area contributed by atoms with Gasteiger partial charge in [-0.1, -0.05) is 26.0 Å². The highest BCUT2D eigenvalue weighted by Gasteiger charge is 2.19. The van der Waals surface area contributed by atoms with Crippen molar-refractivity contribution in [2.24, 2.45) is 20.0 Å². The Morgan fingerprint density at radius 3 is 2.61 bits per heavy atom. The van der Waals surface area contributed by atoms with Gasteiger partial charge in [0.1, 0.15) is 0 Å². The van der Waals surface area contributed by atoms with E-state index in [1.165, 1.54) is 10.7 Å². The summed E-state index contributed by atoms with van der Waals surface area (Å²) in [5.74, 6) is 0.304. The molecule has 0 aliphatic rings. The second-order valence-corrected chi connectivity index (χ2v) is 7.36. The summed E-state index contributed by atoms with van der Waals surface area (Å²) in [4.78, 5) is 26.6. The first-order chi connectivity index (χ1) is 13.3. The second-order valence-electron chi connectivity index (χ2n) is 7.36. The average Bonchev–Trinajstić information content (AvgIpc) is 3.07. The van der Waals surface area contributed by atoms with Gasteiger partial charge in [0.15, 0.2) is 0 Å². The zero-order valence-corrected chi connectivity index (χ0v) is 16.7. The Balaban J connectivity index is 1.89. The van der Waals surface area contributed by atoms with Crippen LogP contribution in [0.1, 0.15) is 29.8 Å². The number of carbonyl (C=O) groups is 1. The van der Waals surface area contributed by atoms with Gasteiger partial charge in [0, 0.05) is 56.1 Å². The van der Waals surface area contributed by atoms with E-state index >= 15 is 0 Å². The van der Waals surface area contributed by atoms with E-state index in [4.69, 9.17) is 0 Å². The summed E-state index contributed by atoms with van der Waals surface area (Å²) < 4.78 is 3.02. The molecule has 146 valence electrons. The molecule has 2 aromatic heterocycles. The molecule has 0 saturated heterocycles. The summed E-state index contributed by atoms with van der Waals surface area (Å²) >= 11 is 0. The quantitative estimate of drug-likeness (QED) is 0.660. The molecule has 1 amide bonds. The number of benzene rings is 1. The third-order valence-corrected chi connectivity index (χ3v) is 4.37. The fraction of sp³-hybridized carbons (Fsp3) is 0.333. The molecule has 7 nitrogen and oxygen atoms in total. The van der Waals surface area contributed by atoms with Crippen LogP contribution >= 0.6 is 0 Å². The fourth-order valence-corrected chi connectivity index (χ4v) is 3.08. The number of aryl methyl sites for hydroxylation is 2. The van der Waals surface area contributed by atoms with Gasteiger partial charge in [-0.15, -0.1) is 0 Å². The van der Waals surface area contributed by atoms with Crippen LogP contribution in [0.5, 0.6) is 0 Å². The van der Waals surface area contributed by atoms with E-state index in [9.17, 15) is 9.59 Å². The number of amides is 1. The van der Waals surface area contributed by atoms with Crippen molar-refractivity contribution in [2.75, 3.05) is 6.54 Å². The molecule has 7 heteroatoms. The van der Waals surface area contributed by atoms with E-state index < -0.39 is 0 Å². The predicted molar refractivity (Wildman–Crippen MR) is 108 cm³/mol. The number of aromatic nitrogens is 4. The Morgan fingerprint density at radius 2 is 1.96 bits per heavy atom. The van der Waals surface area contributed by atoms with E-state index in [0.717, 1.165) is 11.1 Å². The standard InChI is InChI=1S/C21H25N5O2/c1-15(2)12-26(14-16-11-22-24(3)13-16)21(28)18-7-5-6-17(10-18)19-8-9-20(27)25(4)23-19/h5-11,13,15H,12,14H2,1-4H3. The third kappa shape index (κ3) is 4.54. The average molecular weight is 379 g/mol. The van der Waals surface area contributed by atoms with Crippen molar-refractivity contribution in [3.05, 3.63) is 70.3 Å². The lowest BCUT2D eigenvalue weighted by Crippen LogP contribution is -2.33. The van der Waals surface area contributed by atoms with Crippen molar-refractivity contribution in [3.8, 4) is 11.3 Å². The number of hydrogen-bond acceptors (Lipinski definition) is 4. The van der Waals surface area contributed by atoms with Crippen LogP contribution in [-0.4, -0.2) is 36.9 Å². The van der Waals surface area contributed by atoms with Crippen LogP contribution in [0.25, 0.3) is 11.3 Å². The Bertz CT molecular complexity index is 1040. The minimum absolute atomic E-state index is 0.0378. The Morgan fingerprint density at radius 1 is 1.18 bits per heavy atom. The van der Waals surface area contributed by atoms with Crippen LogP contribution in [0.3, 0.4) is 0 Å². The molecule has 28 heavy (non-hydrogen) atoms. The summed E-state index contributed by atoms with van der Waals surface area (Å²) in [6.07, 6.45) is 3.71. The molecule has 0 spiro atoms.